The smallest absolute Gasteiger partial charge is 0.303 e. The van der Waals surface area contributed by atoms with Gasteiger partial charge in [0.2, 0.25) is 0 Å². The number of carbonyl (C=O) groups is 1. The molecule has 7 aliphatic rings. The molecule has 2 saturated heterocycles. The normalized spacial score (nSPS) is 54.4. The fraction of sp³-hybridized carbons (Fsp3) is 0.919. The van der Waals surface area contributed by atoms with E-state index in [1.165, 1.54) is 12.5 Å². The van der Waals surface area contributed by atoms with E-state index < -0.39 is 71.1 Å². The Morgan fingerprint density at radius 2 is 1.75 bits per heavy atom. The molecule has 0 radical (unpaired) electrons. The number of carbonyl (C=O) groups excluding carboxylic acids is 1. The maximum atomic E-state index is 12.6. The lowest BCUT2D eigenvalue weighted by molar-refractivity contribution is -0.341. The van der Waals surface area contributed by atoms with Crippen LogP contribution in [0.4, 0.5) is 0 Å². The minimum absolute atomic E-state index is 0.0129. The van der Waals surface area contributed by atoms with Crippen molar-refractivity contribution >= 4 is 5.97 Å². The molecule has 7 rings (SSSR count). The molecular formula is C37H58O11. The maximum absolute atomic E-state index is 12.6. The van der Waals surface area contributed by atoms with Crippen LogP contribution < -0.4 is 0 Å². The number of ether oxygens (including phenoxy) is 4. The molecule has 0 aromatic carbocycles. The molecule has 2 aliphatic heterocycles. The van der Waals surface area contributed by atoms with Gasteiger partial charge in [-0.3, -0.25) is 4.79 Å². The first-order valence-electron chi connectivity index (χ1n) is 18.1. The van der Waals surface area contributed by atoms with Gasteiger partial charge in [0.15, 0.2) is 18.2 Å². The monoisotopic (exact) mass is 678 g/mol. The van der Waals surface area contributed by atoms with Crippen molar-refractivity contribution in [2.75, 3.05) is 6.61 Å². The fourth-order valence-corrected chi connectivity index (χ4v) is 13.0. The van der Waals surface area contributed by atoms with E-state index in [1.807, 2.05) is 0 Å². The number of rotatable bonds is 5. The zero-order chi connectivity index (χ0) is 35.2. The summed E-state index contributed by atoms with van der Waals surface area (Å²) in [5.41, 5.74) is -1.83. The van der Waals surface area contributed by atoms with Gasteiger partial charge in [0.25, 0.3) is 0 Å². The minimum Gasteiger partial charge on any atom is -0.457 e. The van der Waals surface area contributed by atoms with E-state index in [2.05, 4.69) is 40.7 Å². The summed E-state index contributed by atoms with van der Waals surface area (Å²) in [5, 5.41) is 66.9. The molecule has 11 nitrogen and oxygen atoms in total. The molecule has 1 unspecified atom stereocenters. The van der Waals surface area contributed by atoms with Crippen molar-refractivity contribution in [3.63, 3.8) is 0 Å². The first-order valence-corrected chi connectivity index (χ1v) is 18.1. The molecule has 16 atom stereocenters. The van der Waals surface area contributed by atoms with Crippen molar-refractivity contribution < 1.29 is 54.4 Å². The Hall–Kier alpha value is -1.15. The highest BCUT2D eigenvalue weighted by molar-refractivity contribution is 5.66. The summed E-state index contributed by atoms with van der Waals surface area (Å²) in [5.74, 6) is -2.63. The van der Waals surface area contributed by atoms with Crippen LogP contribution in [0.25, 0.3) is 0 Å². The van der Waals surface area contributed by atoms with Gasteiger partial charge in [-0.25, -0.2) is 0 Å². The SMILES string of the molecule is CC(=O)O[C@H]([C@H]1C[C@@H](C)[C@H]2[C@@](O)(O1)[C@H](O)[C@@]1(C)C3=CCC4C(C)(C)[C@@H](O[C@@H]5OC[C@@H](O)[C@H](O)[C@H]5O)CC[C@@]45C[C@@]35CC[C@]21C)C(C)(C)O. The average molecular weight is 679 g/mol. The molecule has 0 amide bonds. The van der Waals surface area contributed by atoms with Gasteiger partial charge < -0.3 is 49.6 Å². The second-order valence-electron chi connectivity index (χ2n) is 18.4. The molecule has 2 heterocycles. The number of allylic oxidation sites excluding steroid dienone is 1. The Balaban J connectivity index is 1.20. The van der Waals surface area contributed by atoms with Crippen molar-refractivity contribution in [1.82, 2.24) is 0 Å². The zero-order valence-corrected chi connectivity index (χ0v) is 29.8. The molecular weight excluding hydrogens is 620 g/mol. The lowest BCUT2D eigenvalue weighted by atomic mass is 9.44. The maximum Gasteiger partial charge on any atom is 0.303 e. The highest BCUT2D eigenvalue weighted by Crippen LogP contribution is 2.88. The van der Waals surface area contributed by atoms with E-state index in [0.29, 0.717) is 6.42 Å². The predicted octanol–water partition coefficient (Wildman–Crippen LogP) is 2.57. The summed E-state index contributed by atoms with van der Waals surface area (Å²) in [6, 6.07) is 0. The third-order valence-corrected chi connectivity index (χ3v) is 15.2. The fourth-order valence-electron chi connectivity index (χ4n) is 13.0. The van der Waals surface area contributed by atoms with Gasteiger partial charge in [-0.05, 0) is 92.3 Å². The average Bonchev–Trinajstić information content (AvgIpc) is 3.62. The molecule has 6 N–H and O–H groups in total. The molecule has 0 aromatic rings. The van der Waals surface area contributed by atoms with Gasteiger partial charge in [0.05, 0.1) is 18.3 Å². The Kier molecular flexibility index (Phi) is 7.86. The van der Waals surface area contributed by atoms with Gasteiger partial charge in [-0.2, -0.15) is 0 Å². The number of esters is 1. The molecule has 6 fully saturated rings. The molecule has 11 heteroatoms. The van der Waals surface area contributed by atoms with Gasteiger partial charge in [0, 0.05) is 18.3 Å². The number of hydrogen-bond donors (Lipinski definition) is 6. The third kappa shape index (κ3) is 4.35. The van der Waals surface area contributed by atoms with Crippen LogP contribution >= 0.6 is 0 Å². The van der Waals surface area contributed by atoms with E-state index in [-0.39, 0.29) is 46.7 Å². The Morgan fingerprint density at radius 1 is 1.06 bits per heavy atom. The molecule has 0 aromatic heterocycles. The molecule has 4 saturated carbocycles. The lowest BCUT2D eigenvalue weighted by Gasteiger charge is -2.60. The van der Waals surface area contributed by atoms with Gasteiger partial charge in [-0.15, -0.1) is 0 Å². The topological polar surface area (TPSA) is 175 Å². The molecule has 48 heavy (non-hydrogen) atoms. The second kappa shape index (κ2) is 10.7. The van der Waals surface area contributed by atoms with Crippen LogP contribution in [0.3, 0.4) is 0 Å². The summed E-state index contributed by atoms with van der Waals surface area (Å²) in [7, 11) is 0. The summed E-state index contributed by atoms with van der Waals surface area (Å²) in [6.07, 6.45) is -0.0661. The van der Waals surface area contributed by atoms with Gasteiger partial charge in [-0.1, -0.05) is 46.3 Å². The van der Waals surface area contributed by atoms with Crippen LogP contribution in [0.15, 0.2) is 11.6 Å². The number of hydrogen-bond acceptors (Lipinski definition) is 11. The summed E-state index contributed by atoms with van der Waals surface area (Å²) < 4.78 is 24.2. The van der Waals surface area contributed by atoms with Crippen molar-refractivity contribution in [2.24, 2.45) is 44.8 Å². The predicted molar refractivity (Wildman–Crippen MR) is 172 cm³/mol. The Labute approximate surface area is 284 Å². The zero-order valence-electron chi connectivity index (χ0n) is 29.8. The second-order valence-corrected chi connectivity index (χ2v) is 18.4. The number of aliphatic hydroxyl groups excluding tert-OH is 4. The highest BCUT2D eigenvalue weighted by atomic mass is 16.7. The summed E-state index contributed by atoms with van der Waals surface area (Å²) >= 11 is 0. The van der Waals surface area contributed by atoms with E-state index >= 15 is 0 Å². The summed E-state index contributed by atoms with van der Waals surface area (Å²) in [4.78, 5) is 12.1. The van der Waals surface area contributed by atoms with E-state index in [9.17, 15) is 35.4 Å². The van der Waals surface area contributed by atoms with Crippen LogP contribution in [0.2, 0.25) is 0 Å². The van der Waals surface area contributed by atoms with Crippen LogP contribution in [-0.4, -0.2) is 104 Å². The van der Waals surface area contributed by atoms with Crippen molar-refractivity contribution in [3.8, 4) is 0 Å². The van der Waals surface area contributed by atoms with Crippen molar-refractivity contribution in [1.29, 1.82) is 0 Å². The standard InChI is InChI=1S/C37H58O11/c1-18-15-21(28(32(5,6)43)46-19(2)38)48-37(44)27(18)33(7)13-14-36-17-35(36)12-11-24(47-29-26(41)25(40)20(39)16-45-29)31(3,4)22(35)9-10-23(36)34(33,8)30(37)42/h10,18,20-22,24-30,39-44H,9,11-17H2,1-8H3/t18-,20-,21-,22?,24+,25+,26-,27-,28-,29+,30-,33-,34-,35-,36+,37-/m1/s1. The van der Waals surface area contributed by atoms with Crippen molar-refractivity contribution in [3.05, 3.63) is 11.6 Å². The Bertz CT molecular complexity index is 1360. The van der Waals surface area contributed by atoms with Gasteiger partial charge >= 0.3 is 5.97 Å². The Morgan fingerprint density at radius 3 is 2.40 bits per heavy atom. The first-order chi connectivity index (χ1) is 22.1. The van der Waals surface area contributed by atoms with Crippen molar-refractivity contribution in [2.45, 2.75) is 161 Å². The number of fused-ring (bicyclic) bond motifs is 4. The van der Waals surface area contributed by atoms with Crippen LogP contribution in [0.5, 0.6) is 0 Å². The number of aliphatic hydroxyl groups is 6. The van der Waals surface area contributed by atoms with E-state index in [1.54, 1.807) is 13.8 Å². The third-order valence-electron chi connectivity index (χ3n) is 15.2. The largest absolute Gasteiger partial charge is 0.457 e. The molecule has 5 aliphatic carbocycles. The highest BCUT2D eigenvalue weighted by Gasteiger charge is 2.85. The van der Waals surface area contributed by atoms with Crippen LogP contribution in [-0.2, 0) is 23.7 Å². The van der Waals surface area contributed by atoms with Gasteiger partial charge in [0.1, 0.15) is 30.5 Å². The lowest BCUT2D eigenvalue weighted by Crippen LogP contribution is -2.61. The van der Waals surface area contributed by atoms with Crippen LogP contribution in [0, 0.1) is 44.8 Å². The van der Waals surface area contributed by atoms with Crippen LogP contribution in [0.1, 0.15) is 100 Å². The minimum atomic E-state index is -1.90. The quantitative estimate of drug-likeness (QED) is 0.186. The molecule has 0 bridgehead atoms. The van der Waals surface area contributed by atoms with E-state index in [0.717, 1.165) is 38.5 Å². The summed E-state index contributed by atoms with van der Waals surface area (Å²) in [6.45, 7) is 15.2. The van der Waals surface area contributed by atoms with E-state index in [4.69, 9.17) is 18.9 Å². The molecule has 272 valence electrons. The first kappa shape index (κ1) is 35.3. The molecule has 2 spiro atoms.